The van der Waals surface area contributed by atoms with E-state index in [9.17, 15) is 4.79 Å². The molecule has 196 valence electrons. The number of nitrogens with zero attached hydrogens (tertiary/aromatic N) is 4. The summed E-state index contributed by atoms with van der Waals surface area (Å²) < 4.78 is 6.39. The van der Waals surface area contributed by atoms with Gasteiger partial charge in [-0.2, -0.15) is 0 Å². The number of aryl methyl sites for hydroxylation is 5. The van der Waals surface area contributed by atoms with E-state index in [0.29, 0.717) is 6.61 Å². The molecule has 4 rings (SSSR count). The van der Waals surface area contributed by atoms with Crippen molar-refractivity contribution in [3.05, 3.63) is 69.9 Å². The molecule has 1 unspecified atom stereocenters. The first-order valence-electron chi connectivity index (χ1n) is 13.1. The van der Waals surface area contributed by atoms with E-state index in [4.69, 9.17) is 20.4 Å². The Balaban J connectivity index is 1.73. The van der Waals surface area contributed by atoms with Crippen LogP contribution in [-0.2, 0) is 17.8 Å². The molecular formula is C30H39N5O2. The Bertz CT molecular complexity index is 1270. The minimum atomic E-state index is -0.297. The first-order valence-corrected chi connectivity index (χ1v) is 13.1. The molecule has 0 aliphatic carbocycles. The SMILES string of the molecule is CCc1ccc(C)c(OCc2c(C)nc(-c3c(C)cccc3C)nc2N2CCN(CC(N)=O)C(C)C2)c1. The van der Waals surface area contributed by atoms with E-state index >= 15 is 0 Å². The Kier molecular flexibility index (Phi) is 8.13. The van der Waals surface area contributed by atoms with Crippen LogP contribution in [0, 0.1) is 27.7 Å². The van der Waals surface area contributed by atoms with E-state index in [1.807, 2.05) is 6.92 Å². The maximum absolute atomic E-state index is 11.6. The molecule has 0 spiro atoms. The molecule has 7 heteroatoms. The molecule has 37 heavy (non-hydrogen) atoms. The monoisotopic (exact) mass is 501 g/mol. The molecule has 7 nitrogen and oxygen atoms in total. The summed E-state index contributed by atoms with van der Waals surface area (Å²) in [5.41, 5.74) is 13.1. The van der Waals surface area contributed by atoms with Crippen molar-refractivity contribution in [2.24, 2.45) is 5.73 Å². The maximum atomic E-state index is 11.6. The lowest BCUT2D eigenvalue weighted by Crippen LogP contribution is -2.54. The van der Waals surface area contributed by atoms with Crippen LogP contribution in [0.2, 0.25) is 0 Å². The van der Waals surface area contributed by atoms with Crippen molar-refractivity contribution in [3.8, 4) is 17.1 Å². The molecule has 2 N–H and O–H groups in total. The quantitative estimate of drug-likeness (QED) is 0.489. The van der Waals surface area contributed by atoms with Gasteiger partial charge >= 0.3 is 0 Å². The molecule has 0 saturated carbocycles. The number of benzene rings is 2. The highest BCUT2D eigenvalue weighted by molar-refractivity contribution is 5.76. The van der Waals surface area contributed by atoms with Crippen molar-refractivity contribution in [3.63, 3.8) is 0 Å². The van der Waals surface area contributed by atoms with Crippen molar-refractivity contribution in [2.45, 2.75) is 60.6 Å². The lowest BCUT2D eigenvalue weighted by Gasteiger charge is -2.40. The van der Waals surface area contributed by atoms with Gasteiger partial charge in [0.05, 0.1) is 17.8 Å². The number of carbonyl (C=O) groups is 1. The van der Waals surface area contributed by atoms with Gasteiger partial charge in [-0.25, -0.2) is 9.97 Å². The number of nitrogens with two attached hydrogens (primary N) is 1. The number of aromatic nitrogens is 2. The van der Waals surface area contributed by atoms with E-state index in [2.05, 4.69) is 80.8 Å². The lowest BCUT2D eigenvalue weighted by molar-refractivity contribution is -0.119. The Labute approximate surface area is 220 Å². The fourth-order valence-electron chi connectivity index (χ4n) is 5.08. The number of hydrogen-bond acceptors (Lipinski definition) is 6. The first-order chi connectivity index (χ1) is 17.7. The van der Waals surface area contributed by atoms with Gasteiger partial charge in [0.1, 0.15) is 18.2 Å². The summed E-state index contributed by atoms with van der Waals surface area (Å²) in [6.07, 6.45) is 0.960. The fourth-order valence-corrected chi connectivity index (χ4v) is 5.08. The van der Waals surface area contributed by atoms with Crippen LogP contribution in [-0.4, -0.2) is 53.0 Å². The van der Waals surface area contributed by atoms with Gasteiger partial charge in [-0.05, 0) is 69.4 Å². The minimum Gasteiger partial charge on any atom is -0.488 e. The van der Waals surface area contributed by atoms with E-state index in [1.54, 1.807) is 0 Å². The number of carbonyl (C=O) groups excluding carboxylic acids is 1. The third-order valence-electron chi connectivity index (χ3n) is 7.35. The van der Waals surface area contributed by atoms with Crippen LogP contribution in [0.4, 0.5) is 5.82 Å². The van der Waals surface area contributed by atoms with Crippen LogP contribution in [0.5, 0.6) is 5.75 Å². The smallest absolute Gasteiger partial charge is 0.231 e. The van der Waals surface area contributed by atoms with Gasteiger partial charge in [-0.3, -0.25) is 9.69 Å². The molecule has 1 atom stereocenters. The second-order valence-electron chi connectivity index (χ2n) is 10.2. The molecule has 1 aliphatic heterocycles. The molecule has 0 radical (unpaired) electrons. The average molecular weight is 502 g/mol. The zero-order chi connectivity index (χ0) is 26.7. The van der Waals surface area contributed by atoms with Crippen LogP contribution < -0.4 is 15.4 Å². The van der Waals surface area contributed by atoms with E-state index in [0.717, 1.165) is 77.0 Å². The molecule has 1 fully saturated rings. The number of hydrogen-bond donors (Lipinski definition) is 1. The predicted octanol–water partition coefficient (Wildman–Crippen LogP) is 4.51. The maximum Gasteiger partial charge on any atom is 0.231 e. The summed E-state index contributed by atoms with van der Waals surface area (Å²) in [7, 11) is 0. The first kappa shape index (κ1) is 26.6. The van der Waals surface area contributed by atoms with E-state index in [1.165, 1.54) is 5.56 Å². The van der Waals surface area contributed by atoms with Crippen molar-refractivity contribution >= 4 is 11.7 Å². The predicted molar refractivity (Wildman–Crippen MR) is 149 cm³/mol. The average Bonchev–Trinajstić information content (AvgIpc) is 2.85. The van der Waals surface area contributed by atoms with Crippen LogP contribution in [0.3, 0.4) is 0 Å². The molecule has 1 amide bonds. The highest BCUT2D eigenvalue weighted by atomic mass is 16.5. The van der Waals surface area contributed by atoms with Crippen LogP contribution in [0.15, 0.2) is 36.4 Å². The molecule has 0 bridgehead atoms. The van der Waals surface area contributed by atoms with Crippen molar-refractivity contribution in [2.75, 3.05) is 31.1 Å². The van der Waals surface area contributed by atoms with Crippen LogP contribution >= 0.6 is 0 Å². The van der Waals surface area contributed by atoms with Crippen molar-refractivity contribution in [1.82, 2.24) is 14.9 Å². The lowest BCUT2D eigenvalue weighted by atomic mass is 10.0. The molecule has 2 aromatic carbocycles. The van der Waals surface area contributed by atoms with Gasteiger partial charge in [-0.1, -0.05) is 37.3 Å². The van der Waals surface area contributed by atoms with Crippen LogP contribution in [0.25, 0.3) is 11.4 Å². The normalized spacial score (nSPS) is 16.2. The Morgan fingerprint density at radius 3 is 2.43 bits per heavy atom. The molecule has 1 aromatic heterocycles. The highest BCUT2D eigenvalue weighted by Crippen LogP contribution is 2.31. The summed E-state index contributed by atoms with van der Waals surface area (Å²) in [6, 6.07) is 12.8. The van der Waals surface area contributed by atoms with E-state index < -0.39 is 0 Å². The van der Waals surface area contributed by atoms with Gasteiger partial charge in [0.25, 0.3) is 0 Å². The number of amides is 1. The summed E-state index contributed by atoms with van der Waals surface area (Å²) in [4.78, 5) is 26.1. The molecular weight excluding hydrogens is 462 g/mol. The Hall–Kier alpha value is -3.45. The zero-order valence-electron chi connectivity index (χ0n) is 23.0. The standard InChI is InChI=1S/C30H39N5O2/c1-7-24-12-11-19(2)26(15-24)37-18-25-23(6)32-29(28-20(3)9-8-10-21(28)4)33-30(25)35-14-13-34(17-27(31)36)22(5)16-35/h8-12,15,22H,7,13-14,16-18H2,1-6H3,(H2,31,36). The van der Waals surface area contributed by atoms with Gasteiger partial charge in [-0.15, -0.1) is 0 Å². The highest BCUT2D eigenvalue weighted by Gasteiger charge is 2.28. The van der Waals surface area contributed by atoms with Gasteiger partial charge in [0, 0.05) is 31.2 Å². The number of rotatable bonds is 8. The molecule has 2 heterocycles. The largest absolute Gasteiger partial charge is 0.488 e. The summed E-state index contributed by atoms with van der Waals surface area (Å²) >= 11 is 0. The van der Waals surface area contributed by atoms with Gasteiger partial charge in [0.2, 0.25) is 5.91 Å². The summed E-state index contributed by atoms with van der Waals surface area (Å²) in [5, 5.41) is 0. The Morgan fingerprint density at radius 2 is 1.78 bits per heavy atom. The summed E-state index contributed by atoms with van der Waals surface area (Å²) in [5.74, 6) is 2.24. The summed E-state index contributed by atoms with van der Waals surface area (Å²) in [6.45, 7) is 15.5. The molecule has 3 aromatic rings. The number of anilines is 1. The number of piperazine rings is 1. The second-order valence-corrected chi connectivity index (χ2v) is 10.2. The Morgan fingerprint density at radius 1 is 1.05 bits per heavy atom. The minimum absolute atomic E-state index is 0.164. The third-order valence-corrected chi connectivity index (χ3v) is 7.35. The fraction of sp³-hybridized carbons (Fsp3) is 0.433. The number of ether oxygens (including phenoxy) is 1. The molecule has 1 saturated heterocycles. The second kappa shape index (κ2) is 11.3. The van der Waals surface area contributed by atoms with Crippen molar-refractivity contribution in [1.29, 1.82) is 0 Å². The number of primary amides is 1. The third kappa shape index (κ3) is 5.93. The van der Waals surface area contributed by atoms with Gasteiger partial charge in [0.15, 0.2) is 5.82 Å². The van der Waals surface area contributed by atoms with Crippen LogP contribution in [0.1, 0.15) is 47.4 Å². The van der Waals surface area contributed by atoms with Crippen molar-refractivity contribution < 1.29 is 9.53 Å². The molecule has 1 aliphatic rings. The van der Waals surface area contributed by atoms with E-state index in [-0.39, 0.29) is 18.5 Å². The zero-order valence-corrected chi connectivity index (χ0v) is 23.0. The van der Waals surface area contributed by atoms with Gasteiger partial charge < -0.3 is 15.4 Å². The topological polar surface area (TPSA) is 84.6 Å².